The first-order chi connectivity index (χ1) is 9.06. The maximum Gasteiger partial charge on any atom is 0.237 e. The van der Waals surface area contributed by atoms with Crippen molar-refractivity contribution in [1.82, 2.24) is 10.6 Å². The number of nitrogens with one attached hydrogen (secondary N) is 2. The predicted molar refractivity (Wildman–Crippen MR) is 78.3 cm³/mol. The third kappa shape index (κ3) is 3.95. The lowest BCUT2D eigenvalue weighted by atomic mass is 10.0. The number of carbonyl (C=O) groups excluding carboxylic acids is 1. The van der Waals surface area contributed by atoms with Gasteiger partial charge in [-0.2, -0.15) is 0 Å². The second-order valence-electron chi connectivity index (χ2n) is 5.44. The summed E-state index contributed by atoms with van der Waals surface area (Å²) in [6, 6.07) is 7.85. The fraction of sp³-hybridized carbons (Fsp3) is 0.533. The number of halogens is 1. The Morgan fingerprint density at radius 1 is 1.58 bits per heavy atom. The van der Waals surface area contributed by atoms with Gasteiger partial charge in [-0.15, -0.1) is 0 Å². The molecule has 19 heavy (non-hydrogen) atoms. The molecule has 0 aromatic heterocycles. The second-order valence-corrected chi connectivity index (χ2v) is 5.88. The van der Waals surface area contributed by atoms with Gasteiger partial charge in [-0.25, -0.2) is 0 Å². The number of amides is 1. The maximum atomic E-state index is 12.1. The van der Waals surface area contributed by atoms with E-state index >= 15 is 0 Å². The molecular weight excluding hydrogens is 260 g/mol. The van der Waals surface area contributed by atoms with Crippen LogP contribution in [0.15, 0.2) is 24.3 Å². The van der Waals surface area contributed by atoms with Crippen molar-refractivity contribution < 1.29 is 4.79 Å². The predicted octanol–water partition coefficient (Wildman–Crippen LogP) is 2.39. The monoisotopic (exact) mass is 280 g/mol. The molecule has 3 nitrogen and oxygen atoms in total. The third-order valence-electron chi connectivity index (χ3n) is 3.64. The standard InChI is InChI=1S/C15H21ClN2O/c1-10-6-7-17-14(10)15(19)18-11(2)8-12-4-3-5-13(16)9-12/h3-5,9-11,14,17H,6-8H2,1-2H3,(H,18,19). The Morgan fingerprint density at radius 2 is 2.37 bits per heavy atom. The van der Waals surface area contributed by atoms with Crippen LogP contribution in [0.25, 0.3) is 0 Å². The van der Waals surface area contributed by atoms with Gasteiger partial charge in [0.05, 0.1) is 6.04 Å². The van der Waals surface area contributed by atoms with Crippen LogP contribution in [0.4, 0.5) is 0 Å². The van der Waals surface area contributed by atoms with E-state index in [9.17, 15) is 4.79 Å². The minimum absolute atomic E-state index is 0.0400. The molecule has 0 radical (unpaired) electrons. The van der Waals surface area contributed by atoms with Crippen molar-refractivity contribution in [2.24, 2.45) is 5.92 Å². The molecule has 1 aromatic rings. The van der Waals surface area contributed by atoms with Crippen LogP contribution in [0.3, 0.4) is 0 Å². The molecule has 4 heteroatoms. The molecule has 1 saturated heterocycles. The lowest BCUT2D eigenvalue weighted by Gasteiger charge is -2.20. The minimum atomic E-state index is -0.0400. The van der Waals surface area contributed by atoms with Crippen LogP contribution in [0.2, 0.25) is 5.02 Å². The Hall–Kier alpha value is -1.06. The van der Waals surface area contributed by atoms with Crippen LogP contribution in [0.5, 0.6) is 0 Å². The van der Waals surface area contributed by atoms with Gasteiger partial charge in [0.25, 0.3) is 0 Å². The topological polar surface area (TPSA) is 41.1 Å². The Bertz CT molecular complexity index is 450. The summed E-state index contributed by atoms with van der Waals surface area (Å²) in [4.78, 5) is 12.1. The highest BCUT2D eigenvalue weighted by atomic mass is 35.5. The first-order valence-electron chi connectivity index (χ1n) is 6.84. The quantitative estimate of drug-likeness (QED) is 0.889. The lowest BCUT2D eigenvalue weighted by Crippen LogP contribution is -2.47. The van der Waals surface area contributed by atoms with Crippen LogP contribution >= 0.6 is 11.6 Å². The van der Waals surface area contributed by atoms with Gasteiger partial charge in [0.2, 0.25) is 5.91 Å². The van der Waals surface area contributed by atoms with E-state index in [-0.39, 0.29) is 18.0 Å². The molecule has 1 aromatic carbocycles. The van der Waals surface area contributed by atoms with Crippen molar-refractivity contribution in [3.05, 3.63) is 34.9 Å². The van der Waals surface area contributed by atoms with E-state index in [1.807, 2.05) is 31.2 Å². The van der Waals surface area contributed by atoms with Crippen molar-refractivity contribution in [3.63, 3.8) is 0 Å². The van der Waals surface area contributed by atoms with E-state index in [1.165, 1.54) is 0 Å². The van der Waals surface area contributed by atoms with Gasteiger partial charge in [-0.3, -0.25) is 4.79 Å². The average Bonchev–Trinajstić information content (AvgIpc) is 2.75. The molecule has 0 spiro atoms. The number of carbonyl (C=O) groups is 1. The summed E-state index contributed by atoms with van der Waals surface area (Å²) >= 11 is 5.96. The smallest absolute Gasteiger partial charge is 0.237 e. The zero-order valence-electron chi connectivity index (χ0n) is 11.4. The van der Waals surface area contributed by atoms with Crippen molar-refractivity contribution in [3.8, 4) is 0 Å². The molecule has 0 saturated carbocycles. The van der Waals surface area contributed by atoms with E-state index in [0.29, 0.717) is 5.92 Å². The molecule has 1 heterocycles. The molecule has 104 valence electrons. The van der Waals surface area contributed by atoms with Gasteiger partial charge in [0, 0.05) is 11.1 Å². The number of rotatable bonds is 4. The van der Waals surface area contributed by atoms with E-state index in [4.69, 9.17) is 11.6 Å². The first kappa shape index (κ1) is 14.4. The zero-order valence-corrected chi connectivity index (χ0v) is 12.2. The molecule has 3 unspecified atom stereocenters. The molecule has 1 fully saturated rings. The third-order valence-corrected chi connectivity index (χ3v) is 3.87. The largest absolute Gasteiger partial charge is 0.352 e. The van der Waals surface area contributed by atoms with Crippen molar-refractivity contribution in [2.75, 3.05) is 6.54 Å². The van der Waals surface area contributed by atoms with E-state index in [0.717, 1.165) is 30.0 Å². The molecule has 0 aliphatic carbocycles. The van der Waals surface area contributed by atoms with E-state index in [1.54, 1.807) is 0 Å². The molecule has 1 amide bonds. The Labute approximate surface area is 119 Å². The zero-order chi connectivity index (χ0) is 13.8. The number of hydrogen-bond donors (Lipinski definition) is 2. The van der Waals surface area contributed by atoms with Crippen LogP contribution in [-0.2, 0) is 11.2 Å². The number of hydrogen-bond acceptors (Lipinski definition) is 2. The van der Waals surface area contributed by atoms with Crippen molar-refractivity contribution in [1.29, 1.82) is 0 Å². The summed E-state index contributed by atoms with van der Waals surface area (Å²) in [5, 5.41) is 7.07. The maximum absolute atomic E-state index is 12.1. The fourth-order valence-electron chi connectivity index (χ4n) is 2.59. The van der Waals surface area contributed by atoms with Gasteiger partial charge in [0.15, 0.2) is 0 Å². The summed E-state index contributed by atoms with van der Waals surface area (Å²) in [6.07, 6.45) is 1.87. The average molecular weight is 281 g/mol. The first-order valence-corrected chi connectivity index (χ1v) is 7.22. The molecular formula is C15H21ClN2O. The van der Waals surface area contributed by atoms with Crippen LogP contribution in [-0.4, -0.2) is 24.5 Å². The SMILES string of the molecule is CC(Cc1cccc(Cl)c1)NC(=O)C1NCCC1C. The minimum Gasteiger partial charge on any atom is -0.352 e. The summed E-state index contributed by atoms with van der Waals surface area (Å²) < 4.78 is 0. The van der Waals surface area contributed by atoms with Crippen molar-refractivity contribution >= 4 is 17.5 Å². The molecule has 2 rings (SSSR count). The molecule has 1 aliphatic heterocycles. The fourth-order valence-corrected chi connectivity index (χ4v) is 2.80. The molecule has 3 atom stereocenters. The van der Waals surface area contributed by atoms with E-state index < -0.39 is 0 Å². The van der Waals surface area contributed by atoms with Gasteiger partial charge in [0.1, 0.15) is 0 Å². The molecule has 2 N–H and O–H groups in total. The van der Waals surface area contributed by atoms with E-state index in [2.05, 4.69) is 17.6 Å². The second kappa shape index (κ2) is 6.40. The highest BCUT2D eigenvalue weighted by Gasteiger charge is 2.29. The summed E-state index contributed by atoms with van der Waals surface area (Å²) in [5.41, 5.74) is 1.15. The van der Waals surface area contributed by atoms with Crippen molar-refractivity contribution in [2.45, 2.75) is 38.8 Å². The Kier molecular flexibility index (Phi) is 4.83. The Balaban J connectivity index is 1.87. The van der Waals surface area contributed by atoms with Crippen LogP contribution in [0.1, 0.15) is 25.8 Å². The van der Waals surface area contributed by atoms with Crippen LogP contribution in [0, 0.1) is 5.92 Å². The lowest BCUT2D eigenvalue weighted by molar-refractivity contribution is -0.124. The molecule has 1 aliphatic rings. The van der Waals surface area contributed by atoms with Crippen LogP contribution < -0.4 is 10.6 Å². The molecule has 0 bridgehead atoms. The summed E-state index contributed by atoms with van der Waals surface area (Å²) in [5.74, 6) is 0.526. The van der Waals surface area contributed by atoms with Gasteiger partial charge in [-0.05, 0) is 49.9 Å². The van der Waals surface area contributed by atoms with Gasteiger partial charge < -0.3 is 10.6 Å². The summed E-state index contributed by atoms with van der Waals surface area (Å²) in [6.45, 7) is 5.08. The van der Waals surface area contributed by atoms with Gasteiger partial charge in [-0.1, -0.05) is 30.7 Å². The highest BCUT2D eigenvalue weighted by molar-refractivity contribution is 6.30. The highest BCUT2D eigenvalue weighted by Crippen LogP contribution is 2.15. The normalized spacial score (nSPS) is 24.2. The Morgan fingerprint density at radius 3 is 3.00 bits per heavy atom. The number of benzene rings is 1. The summed E-state index contributed by atoms with van der Waals surface area (Å²) in [7, 11) is 0. The van der Waals surface area contributed by atoms with Gasteiger partial charge >= 0.3 is 0 Å².